The summed E-state index contributed by atoms with van der Waals surface area (Å²) in [7, 11) is 1.76. The second-order valence-electron chi connectivity index (χ2n) is 6.81. The van der Waals surface area contributed by atoms with Crippen LogP contribution < -0.4 is 4.90 Å². The highest BCUT2D eigenvalue weighted by Gasteiger charge is 2.46. The SMILES string of the molecule is Cn1cc(C(=O)N2CCC3(C2)CN(c2ccc(F)cc2)C(=O)CO3)cn1. The molecule has 0 N–H and O–H groups in total. The number of nitrogens with zero attached hydrogens (tertiary/aromatic N) is 4. The topological polar surface area (TPSA) is 67.7 Å². The molecule has 2 fully saturated rings. The van der Waals surface area contributed by atoms with Gasteiger partial charge in [0, 0.05) is 25.5 Å². The molecule has 0 radical (unpaired) electrons. The molecule has 1 spiro atoms. The Morgan fingerprint density at radius 1 is 1.27 bits per heavy atom. The Labute approximate surface area is 149 Å². The maximum Gasteiger partial charge on any atom is 0.257 e. The predicted octanol–water partition coefficient (Wildman–Crippen LogP) is 1.21. The average Bonchev–Trinajstić information content (AvgIpc) is 3.25. The highest BCUT2D eigenvalue weighted by atomic mass is 19.1. The van der Waals surface area contributed by atoms with Gasteiger partial charge in [0.1, 0.15) is 18.0 Å². The fourth-order valence-electron chi connectivity index (χ4n) is 3.55. The predicted molar refractivity (Wildman–Crippen MR) is 91.2 cm³/mol. The van der Waals surface area contributed by atoms with Gasteiger partial charge in [0.25, 0.3) is 11.8 Å². The number of aromatic nitrogens is 2. The smallest absolute Gasteiger partial charge is 0.257 e. The summed E-state index contributed by atoms with van der Waals surface area (Å²) < 4.78 is 20.6. The Bertz CT molecular complexity index is 850. The molecule has 8 heteroatoms. The number of hydrogen-bond donors (Lipinski definition) is 0. The van der Waals surface area contributed by atoms with Gasteiger partial charge in [-0.2, -0.15) is 5.10 Å². The fourth-order valence-corrected chi connectivity index (χ4v) is 3.55. The van der Waals surface area contributed by atoms with E-state index in [1.54, 1.807) is 46.1 Å². The Kier molecular flexibility index (Phi) is 3.99. The molecule has 26 heavy (non-hydrogen) atoms. The molecule has 2 amide bonds. The van der Waals surface area contributed by atoms with Crippen molar-refractivity contribution in [3.8, 4) is 0 Å². The Balaban J connectivity index is 1.51. The third-order valence-electron chi connectivity index (χ3n) is 4.94. The molecule has 1 aromatic heterocycles. The van der Waals surface area contributed by atoms with Gasteiger partial charge >= 0.3 is 0 Å². The van der Waals surface area contributed by atoms with Crippen LogP contribution in [0.25, 0.3) is 0 Å². The first-order valence-electron chi connectivity index (χ1n) is 8.44. The molecule has 4 rings (SSSR count). The Hall–Kier alpha value is -2.74. The molecule has 136 valence electrons. The first-order chi connectivity index (χ1) is 12.5. The lowest BCUT2D eigenvalue weighted by Crippen LogP contribution is -2.56. The molecule has 2 aromatic rings. The molecule has 2 aliphatic heterocycles. The van der Waals surface area contributed by atoms with E-state index >= 15 is 0 Å². The quantitative estimate of drug-likeness (QED) is 0.809. The summed E-state index contributed by atoms with van der Waals surface area (Å²) >= 11 is 0. The Morgan fingerprint density at radius 3 is 2.73 bits per heavy atom. The summed E-state index contributed by atoms with van der Waals surface area (Å²) in [4.78, 5) is 28.3. The van der Waals surface area contributed by atoms with E-state index in [4.69, 9.17) is 4.74 Å². The van der Waals surface area contributed by atoms with Crippen LogP contribution in [0.3, 0.4) is 0 Å². The van der Waals surface area contributed by atoms with Gasteiger partial charge in [0.05, 0.1) is 24.8 Å². The van der Waals surface area contributed by atoms with Gasteiger partial charge in [-0.05, 0) is 30.7 Å². The van der Waals surface area contributed by atoms with E-state index in [9.17, 15) is 14.0 Å². The van der Waals surface area contributed by atoms with Gasteiger partial charge < -0.3 is 14.5 Å². The van der Waals surface area contributed by atoms with Crippen LogP contribution in [-0.2, 0) is 16.6 Å². The molecule has 1 unspecified atom stereocenters. The third kappa shape index (κ3) is 2.96. The molecule has 2 aliphatic rings. The summed E-state index contributed by atoms with van der Waals surface area (Å²) in [5.41, 5.74) is 0.572. The number of anilines is 1. The standard InChI is InChI=1S/C18H19FN4O3/c1-21-9-13(8-20-21)17(25)22-7-6-18(11-22)12-23(16(24)10-26-18)15-4-2-14(19)3-5-15/h2-5,8-9H,6-7,10-12H2,1H3. The summed E-state index contributed by atoms with van der Waals surface area (Å²) in [5, 5.41) is 4.04. The lowest BCUT2D eigenvalue weighted by atomic mass is 10.00. The normalized spacial score (nSPS) is 23.1. The van der Waals surface area contributed by atoms with Crippen LogP contribution in [-0.4, -0.2) is 58.3 Å². The van der Waals surface area contributed by atoms with E-state index < -0.39 is 5.60 Å². The third-order valence-corrected chi connectivity index (χ3v) is 4.94. The van der Waals surface area contributed by atoms with Crippen molar-refractivity contribution in [3.05, 3.63) is 48.0 Å². The van der Waals surface area contributed by atoms with Crippen molar-refractivity contribution in [1.29, 1.82) is 0 Å². The average molecular weight is 358 g/mol. The molecule has 7 nitrogen and oxygen atoms in total. The lowest BCUT2D eigenvalue weighted by Gasteiger charge is -2.40. The molecule has 2 saturated heterocycles. The van der Waals surface area contributed by atoms with Crippen LogP contribution >= 0.6 is 0 Å². The maximum atomic E-state index is 13.2. The Morgan fingerprint density at radius 2 is 2.04 bits per heavy atom. The van der Waals surface area contributed by atoms with E-state index in [1.165, 1.54) is 12.1 Å². The fraction of sp³-hybridized carbons (Fsp3) is 0.389. The second-order valence-corrected chi connectivity index (χ2v) is 6.81. The van der Waals surface area contributed by atoms with Crippen LogP contribution in [0.15, 0.2) is 36.7 Å². The number of hydrogen-bond acceptors (Lipinski definition) is 4. The first-order valence-corrected chi connectivity index (χ1v) is 8.44. The minimum Gasteiger partial charge on any atom is -0.361 e. The monoisotopic (exact) mass is 358 g/mol. The number of halogens is 1. The van der Waals surface area contributed by atoms with Gasteiger partial charge in [0.15, 0.2) is 0 Å². The number of morpholine rings is 1. The van der Waals surface area contributed by atoms with Crippen molar-refractivity contribution >= 4 is 17.5 Å². The van der Waals surface area contributed by atoms with E-state index in [0.29, 0.717) is 37.3 Å². The number of carbonyl (C=O) groups excluding carboxylic acids is 2. The number of rotatable bonds is 2. The summed E-state index contributed by atoms with van der Waals surface area (Å²) in [5.74, 6) is -0.610. The van der Waals surface area contributed by atoms with Crippen molar-refractivity contribution in [1.82, 2.24) is 14.7 Å². The minimum absolute atomic E-state index is 0.0493. The summed E-state index contributed by atoms with van der Waals surface area (Å²) in [6, 6.07) is 5.83. The van der Waals surface area contributed by atoms with Crippen molar-refractivity contribution in [3.63, 3.8) is 0 Å². The van der Waals surface area contributed by atoms with Crippen LogP contribution in [0.1, 0.15) is 16.8 Å². The number of amides is 2. The molecular formula is C18H19FN4O3. The van der Waals surface area contributed by atoms with Crippen LogP contribution in [0, 0.1) is 5.82 Å². The highest BCUT2D eigenvalue weighted by molar-refractivity contribution is 5.96. The number of likely N-dealkylation sites (tertiary alicyclic amines) is 1. The zero-order valence-corrected chi connectivity index (χ0v) is 14.4. The van der Waals surface area contributed by atoms with Crippen LogP contribution in [0.4, 0.5) is 10.1 Å². The molecule has 1 aromatic carbocycles. The highest BCUT2D eigenvalue weighted by Crippen LogP contribution is 2.32. The van der Waals surface area contributed by atoms with E-state index in [-0.39, 0.29) is 24.2 Å². The zero-order chi connectivity index (χ0) is 18.3. The van der Waals surface area contributed by atoms with Crippen molar-refractivity contribution in [2.45, 2.75) is 12.0 Å². The molecule has 3 heterocycles. The largest absolute Gasteiger partial charge is 0.361 e. The van der Waals surface area contributed by atoms with E-state index in [1.807, 2.05) is 0 Å². The molecule has 0 aliphatic carbocycles. The number of benzene rings is 1. The van der Waals surface area contributed by atoms with Crippen molar-refractivity contribution < 1.29 is 18.7 Å². The molecular weight excluding hydrogens is 339 g/mol. The van der Waals surface area contributed by atoms with Gasteiger partial charge in [0.2, 0.25) is 0 Å². The molecule has 0 saturated carbocycles. The summed E-state index contributed by atoms with van der Waals surface area (Å²) in [6.07, 6.45) is 3.87. The van der Waals surface area contributed by atoms with Crippen LogP contribution in [0.2, 0.25) is 0 Å². The van der Waals surface area contributed by atoms with E-state index in [0.717, 1.165) is 0 Å². The number of carbonyl (C=O) groups is 2. The second kappa shape index (κ2) is 6.21. The van der Waals surface area contributed by atoms with Gasteiger partial charge in [-0.1, -0.05) is 0 Å². The van der Waals surface area contributed by atoms with Crippen molar-refractivity contribution in [2.24, 2.45) is 7.05 Å². The van der Waals surface area contributed by atoms with Gasteiger partial charge in [-0.3, -0.25) is 14.3 Å². The number of aryl methyl sites for hydroxylation is 1. The van der Waals surface area contributed by atoms with Gasteiger partial charge in [-0.15, -0.1) is 0 Å². The molecule has 0 bridgehead atoms. The van der Waals surface area contributed by atoms with Gasteiger partial charge in [-0.25, -0.2) is 4.39 Å². The lowest BCUT2D eigenvalue weighted by molar-refractivity contribution is -0.137. The first kappa shape index (κ1) is 16.7. The molecule has 1 atom stereocenters. The zero-order valence-electron chi connectivity index (χ0n) is 14.4. The number of ether oxygens (including phenoxy) is 1. The van der Waals surface area contributed by atoms with Crippen LogP contribution in [0.5, 0.6) is 0 Å². The summed E-state index contributed by atoms with van der Waals surface area (Å²) in [6.45, 7) is 1.26. The minimum atomic E-state index is -0.597. The van der Waals surface area contributed by atoms with E-state index in [2.05, 4.69) is 5.10 Å². The maximum absolute atomic E-state index is 13.2. The van der Waals surface area contributed by atoms with Crippen molar-refractivity contribution in [2.75, 3.05) is 31.1 Å².